The Kier molecular flexibility index (Phi) is 7.49. The number of rotatable bonds is 0. The summed E-state index contributed by atoms with van der Waals surface area (Å²) in [6, 6.07) is 4.38. The van der Waals surface area contributed by atoms with Crippen LogP contribution in [0.25, 0.3) is 0 Å². The van der Waals surface area contributed by atoms with Gasteiger partial charge in [-0.25, -0.2) is 4.57 Å². The van der Waals surface area contributed by atoms with E-state index in [2.05, 4.69) is 44.5 Å². The Hall–Kier alpha value is -0.850. The van der Waals surface area contributed by atoms with Crippen LogP contribution in [-0.2, 0) is 7.05 Å². The summed E-state index contributed by atoms with van der Waals surface area (Å²) in [7, 11) is 2.09. The van der Waals surface area contributed by atoms with Gasteiger partial charge >= 0.3 is 0 Å². The number of pyridine rings is 1. The van der Waals surface area contributed by atoms with Gasteiger partial charge < -0.3 is 0 Å². The van der Waals surface area contributed by atoms with Gasteiger partial charge in [0, 0.05) is 26.0 Å². The third-order valence-corrected chi connectivity index (χ3v) is 1.93. The first kappa shape index (κ1) is 14.7. The zero-order valence-corrected chi connectivity index (χ0v) is 9.10. The van der Waals surface area contributed by atoms with Crippen LogP contribution in [0.3, 0.4) is 0 Å². The topological polar surface area (TPSA) is 3.88 Å². The van der Waals surface area contributed by atoms with Crippen LogP contribution in [0.5, 0.6) is 0 Å². The normalized spacial score (nSPS) is 8.15. The van der Waals surface area contributed by atoms with Crippen molar-refractivity contribution < 1.29 is 4.57 Å². The molecule has 0 unspecified atom stereocenters. The molecule has 0 aliphatic heterocycles. The summed E-state index contributed by atoms with van der Waals surface area (Å²) in [6.45, 7) is 10.4. The standard InChI is InChI=1S/C9H14N.C2H6.CH4/c1-7-5-8(2)10(4)9(3)6-7;1-2;/h5-6H,1-4H3;1-2H3;1H4/q+1;;. The zero-order valence-electron chi connectivity index (χ0n) is 9.10. The van der Waals surface area contributed by atoms with Gasteiger partial charge in [-0.1, -0.05) is 21.3 Å². The van der Waals surface area contributed by atoms with Crippen molar-refractivity contribution in [3.05, 3.63) is 29.1 Å². The van der Waals surface area contributed by atoms with Crippen molar-refractivity contribution in [3.63, 3.8) is 0 Å². The average Bonchev–Trinajstić information content (AvgIpc) is 2.04. The monoisotopic (exact) mass is 182 g/mol. The fourth-order valence-corrected chi connectivity index (χ4v) is 1.17. The summed E-state index contributed by atoms with van der Waals surface area (Å²) in [4.78, 5) is 0. The Morgan fingerprint density at radius 2 is 1.23 bits per heavy atom. The highest BCUT2D eigenvalue weighted by Gasteiger charge is 2.03. The average molecular weight is 182 g/mol. The number of nitrogens with zero attached hydrogens (tertiary/aromatic N) is 1. The molecule has 1 heterocycles. The van der Waals surface area contributed by atoms with Crippen LogP contribution in [0.1, 0.15) is 38.2 Å². The molecule has 1 aromatic heterocycles. The van der Waals surface area contributed by atoms with E-state index < -0.39 is 0 Å². The van der Waals surface area contributed by atoms with Gasteiger partial charge in [0.25, 0.3) is 0 Å². The number of aromatic nitrogens is 1. The van der Waals surface area contributed by atoms with E-state index in [1.54, 1.807) is 0 Å². The van der Waals surface area contributed by atoms with Crippen LogP contribution in [0.2, 0.25) is 0 Å². The van der Waals surface area contributed by atoms with E-state index in [-0.39, 0.29) is 7.43 Å². The summed E-state index contributed by atoms with van der Waals surface area (Å²) < 4.78 is 2.19. The first-order valence-corrected chi connectivity index (χ1v) is 4.55. The Morgan fingerprint density at radius 1 is 0.923 bits per heavy atom. The molecule has 0 aliphatic rings. The van der Waals surface area contributed by atoms with Crippen LogP contribution in [-0.4, -0.2) is 0 Å². The number of hydrogen-bond donors (Lipinski definition) is 0. The minimum absolute atomic E-state index is 0. The highest BCUT2D eigenvalue weighted by atomic mass is 14.9. The molecule has 0 atom stereocenters. The number of aryl methyl sites for hydroxylation is 3. The summed E-state index contributed by atoms with van der Waals surface area (Å²) in [5.74, 6) is 0. The van der Waals surface area contributed by atoms with E-state index in [0.717, 1.165) is 0 Å². The van der Waals surface area contributed by atoms with Gasteiger partial charge in [0.15, 0.2) is 11.4 Å². The van der Waals surface area contributed by atoms with Crippen molar-refractivity contribution in [1.82, 2.24) is 0 Å². The van der Waals surface area contributed by atoms with E-state index in [4.69, 9.17) is 0 Å². The lowest BCUT2D eigenvalue weighted by atomic mass is 10.2. The van der Waals surface area contributed by atoms with Crippen molar-refractivity contribution in [3.8, 4) is 0 Å². The van der Waals surface area contributed by atoms with E-state index in [0.29, 0.717) is 0 Å². The Morgan fingerprint density at radius 3 is 1.54 bits per heavy atom. The first-order valence-electron chi connectivity index (χ1n) is 4.55. The first-order chi connectivity index (χ1) is 5.61. The smallest absolute Gasteiger partial charge is 0.178 e. The van der Waals surface area contributed by atoms with Gasteiger partial charge in [0.05, 0.1) is 0 Å². The Labute approximate surface area is 83.4 Å². The fourth-order valence-electron chi connectivity index (χ4n) is 1.17. The molecule has 0 aliphatic carbocycles. The highest BCUT2D eigenvalue weighted by Crippen LogP contribution is 1.99. The van der Waals surface area contributed by atoms with E-state index in [9.17, 15) is 0 Å². The molecule has 1 heteroatoms. The van der Waals surface area contributed by atoms with Crippen LogP contribution >= 0.6 is 0 Å². The largest absolute Gasteiger partial charge is 0.203 e. The highest BCUT2D eigenvalue weighted by molar-refractivity contribution is 5.13. The molecular weight excluding hydrogens is 158 g/mol. The van der Waals surface area contributed by atoms with Gasteiger partial charge in [0.2, 0.25) is 0 Å². The van der Waals surface area contributed by atoms with Crippen molar-refractivity contribution in [1.29, 1.82) is 0 Å². The second-order valence-corrected chi connectivity index (χ2v) is 2.87. The van der Waals surface area contributed by atoms with Crippen molar-refractivity contribution >= 4 is 0 Å². The Balaban J connectivity index is 0. The molecule has 0 radical (unpaired) electrons. The van der Waals surface area contributed by atoms with Crippen LogP contribution in [0.4, 0.5) is 0 Å². The molecule has 1 nitrogen and oxygen atoms in total. The van der Waals surface area contributed by atoms with Crippen LogP contribution < -0.4 is 4.57 Å². The molecule has 1 rings (SSSR count). The third-order valence-electron chi connectivity index (χ3n) is 1.93. The fraction of sp³-hybridized carbons (Fsp3) is 0.583. The summed E-state index contributed by atoms with van der Waals surface area (Å²) >= 11 is 0. The van der Waals surface area contributed by atoms with Crippen molar-refractivity contribution in [2.75, 3.05) is 0 Å². The molecule has 13 heavy (non-hydrogen) atoms. The quantitative estimate of drug-likeness (QED) is 0.543. The molecule has 0 fully saturated rings. The van der Waals surface area contributed by atoms with Crippen molar-refractivity contribution in [2.45, 2.75) is 42.0 Å². The zero-order chi connectivity index (χ0) is 9.72. The lowest BCUT2D eigenvalue weighted by Gasteiger charge is -1.98. The second-order valence-electron chi connectivity index (χ2n) is 2.87. The predicted molar refractivity (Wildman–Crippen MR) is 59.9 cm³/mol. The van der Waals surface area contributed by atoms with E-state index >= 15 is 0 Å². The SMILES string of the molecule is C.CC.Cc1cc(C)[n+](C)c(C)c1. The molecule has 0 spiro atoms. The van der Waals surface area contributed by atoms with Gasteiger partial charge in [0.1, 0.15) is 7.05 Å². The number of hydrogen-bond acceptors (Lipinski definition) is 0. The molecule has 0 amide bonds. The van der Waals surface area contributed by atoms with E-state index in [1.165, 1.54) is 17.0 Å². The molecule has 0 N–H and O–H groups in total. The molecule has 0 aromatic carbocycles. The molecular formula is C12H24N+. The molecule has 1 aromatic rings. The van der Waals surface area contributed by atoms with Gasteiger partial charge in [-0.3, -0.25) is 0 Å². The van der Waals surface area contributed by atoms with Crippen LogP contribution in [0.15, 0.2) is 12.1 Å². The molecule has 0 saturated heterocycles. The van der Waals surface area contributed by atoms with Gasteiger partial charge in [-0.05, 0) is 12.5 Å². The predicted octanol–water partition coefficient (Wildman–Crippen LogP) is 3.10. The van der Waals surface area contributed by atoms with E-state index in [1.807, 2.05) is 13.8 Å². The Bertz CT molecular complexity index is 228. The third kappa shape index (κ3) is 4.07. The second kappa shape index (κ2) is 6.64. The maximum Gasteiger partial charge on any atom is 0.178 e. The molecule has 76 valence electrons. The molecule has 0 bridgehead atoms. The van der Waals surface area contributed by atoms with Crippen LogP contribution in [0, 0.1) is 20.8 Å². The lowest BCUT2D eigenvalue weighted by Crippen LogP contribution is -2.35. The molecule has 0 saturated carbocycles. The maximum atomic E-state index is 2.19. The minimum atomic E-state index is 0. The lowest BCUT2D eigenvalue weighted by molar-refractivity contribution is -0.683. The maximum absolute atomic E-state index is 2.19. The summed E-state index contributed by atoms with van der Waals surface area (Å²) in [5, 5.41) is 0. The van der Waals surface area contributed by atoms with Crippen molar-refractivity contribution in [2.24, 2.45) is 7.05 Å². The summed E-state index contributed by atoms with van der Waals surface area (Å²) in [6.07, 6.45) is 0. The van der Waals surface area contributed by atoms with Gasteiger partial charge in [-0.15, -0.1) is 0 Å². The minimum Gasteiger partial charge on any atom is -0.203 e. The summed E-state index contributed by atoms with van der Waals surface area (Å²) in [5.41, 5.74) is 3.98. The van der Waals surface area contributed by atoms with Gasteiger partial charge in [-0.2, -0.15) is 0 Å².